The van der Waals surface area contributed by atoms with Crippen molar-refractivity contribution in [3.8, 4) is 11.5 Å². The number of amides is 1. The monoisotopic (exact) mass is 360 g/mol. The lowest BCUT2D eigenvalue weighted by Crippen LogP contribution is -2.50. The highest BCUT2D eigenvalue weighted by atomic mass is 16.7. The topological polar surface area (TPSA) is 74.9 Å². The van der Waals surface area contributed by atoms with Crippen LogP contribution in [0.1, 0.15) is 18.9 Å². The summed E-state index contributed by atoms with van der Waals surface area (Å²) in [5.41, 5.74) is 7.75. The summed E-state index contributed by atoms with van der Waals surface area (Å²) in [6.07, 6.45) is 2.08. The Labute approximate surface area is 154 Å². The molecule has 0 aromatic heterocycles. The first-order valence-electron chi connectivity index (χ1n) is 9.47. The Morgan fingerprint density at radius 1 is 1.35 bits per heavy atom. The number of piperidine rings is 1. The fourth-order valence-electron chi connectivity index (χ4n) is 4.43. The number of likely N-dealkylation sites (tertiary alicyclic amines) is 1. The van der Waals surface area contributed by atoms with Crippen LogP contribution in [-0.4, -0.2) is 56.4 Å². The van der Waals surface area contributed by atoms with Gasteiger partial charge in [-0.05, 0) is 43.0 Å². The zero-order chi connectivity index (χ0) is 18.1. The Kier molecular flexibility index (Phi) is 5.02. The van der Waals surface area contributed by atoms with Crippen LogP contribution in [-0.2, 0) is 11.2 Å². The largest absolute Gasteiger partial charge is 0.454 e. The smallest absolute Gasteiger partial charge is 0.238 e. The summed E-state index contributed by atoms with van der Waals surface area (Å²) in [5, 5.41) is 2.77. The fraction of sp³-hybridized carbons (Fsp3) is 0.632. The Hall–Kier alpha value is -1.83. The molecule has 0 aliphatic carbocycles. The number of carbonyl (C=O) groups is 1. The van der Waals surface area contributed by atoms with E-state index in [4.69, 9.17) is 9.47 Å². The van der Waals surface area contributed by atoms with Gasteiger partial charge in [0.15, 0.2) is 11.5 Å². The molecule has 3 heterocycles. The summed E-state index contributed by atoms with van der Waals surface area (Å²) < 4.78 is 10.9. The molecule has 1 aromatic rings. The molecule has 0 radical (unpaired) electrons. The lowest BCUT2D eigenvalue weighted by atomic mass is 9.87. The number of hydrazine groups is 1. The average molecular weight is 360 g/mol. The van der Waals surface area contributed by atoms with Gasteiger partial charge < -0.3 is 19.7 Å². The van der Waals surface area contributed by atoms with Gasteiger partial charge >= 0.3 is 0 Å². The number of nitrogens with zero attached hydrogens (tertiary/aromatic N) is 1. The molecule has 4 rings (SSSR count). The fourth-order valence-corrected chi connectivity index (χ4v) is 4.43. The van der Waals surface area contributed by atoms with E-state index in [0.29, 0.717) is 24.7 Å². The van der Waals surface area contributed by atoms with Gasteiger partial charge in [-0.15, -0.1) is 0 Å². The number of ether oxygens (including phenoxy) is 2. The molecule has 0 bridgehead atoms. The van der Waals surface area contributed by atoms with Gasteiger partial charge in [0, 0.05) is 32.1 Å². The van der Waals surface area contributed by atoms with E-state index in [-0.39, 0.29) is 11.9 Å². The van der Waals surface area contributed by atoms with Crippen molar-refractivity contribution >= 4 is 5.91 Å². The van der Waals surface area contributed by atoms with Crippen LogP contribution in [0.4, 0.5) is 0 Å². The van der Waals surface area contributed by atoms with E-state index in [9.17, 15) is 4.79 Å². The molecule has 3 N–H and O–H groups in total. The minimum atomic E-state index is -0.142. The third kappa shape index (κ3) is 3.51. The van der Waals surface area contributed by atoms with Crippen LogP contribution in [0.15, 0.2) is 18.2 Å². The summed E-state index contributed by atoms with van der Waals surface area (Å²) in [5.74, 6) is 2.62. The van der Waals surface area contributed by atoms with Gasteiger partial charge in [0.25, 0.3) is 0 Å². The maximum absolute atomic E-state index is 12.1. The Morgan fingerprint density at radius 3 is 3.04 bits per heavy atom. The summed E-state index contributed by atoms with van der Waals surface area (Å²) in [6, 6.07) is 6.47. The minimum absolute atomic E-state index is 0.0697. The van der Waals surface area contributed by atoms with E-state index in [1.807, 2.05) is 6.07 Å². The molecule has 0 saturated carbocycles. The number of carbonyl (C=O) groups excluding carboxylic acids is 1. The zero-order valence-electron chi connectivity index (χ0n) is 15.5. The van der Waals surface area contributed by atoms with Gasteiger partial charge in [0.2, 0.25) is 12.7 Å². The van der Waals surface area contributed by atoms with Gasteiger partial charge in [-0.1, -0.05) is 13.0 Å². The molecule has 3 aliphatic rings. The normalized spacial score (nSPS) is 28.6. The lowest BCUT2D eigenvalue weighted by Gasteiger charge is -2.37. The average Bonchev–Trinajstić information content (AvgIpc) is 3.26. The van der Waals surface area contributed by atoms with Crippen LogP contribution < -0.4 is 25.6 Å². The van der Waals surface area contributed by atoms with Gasteiger partial charge in [-0.3, -0.25) is 10.2 Å². The first kappa shape index (κ1) is 17.6. The molecule has 1 amide bonds. The van der Waals surface area contributed by atoms with Crippen LogP contribution in [0.5, 0.6) is 11.5 Å². The van der Waals surface area contributed by atoms with Crippen molar-refractivity contribution in [2.24, 2.45) is 11.8 Å². The highest BCUT2D eigenvalue weighted by Gasteiger charge is 2.42. The Morgan fingerprint density at radius 2 is 2.19 bits per heavy atom. The van der Waals surface area contributed by atoms with Crippen molar-refractivity contribution in [3.63, 3.8) is 0 Å². The Balaban J connectivity index is 1.33. The van der Waals surface area contributed by atoms with Crippen LogP contribution in [0, 0.1) is 11.8 Å². The van der Waals surface area contributed by atoms with E-state index in [1.165, 1.54) is 5.56 Å². The molecule has 3 aliphatic heterocycles. The summed E-state index contributed by atoms with van der Waals surface area (Å²) in [4.78, 5) is 14.6. The molecular formula is C19H28N4O3. The standard InChI is InChI=1S/C19H28N4O3/c1-12(7-13-3-4-16-17(8-13)26-11-25-16)9-23-6-5-15-14(10-23)18(22-21-15)19(24)20-2/h3-4,8,12,14-15,18,21-22H,5-7,9-11H2,1-2H3,(H,20,24). The van der Waals surface area contributed by atoms with Crippen molar-refractivity contribution in [1.82, 2.24) is 21.1 Å². The summed E-state index contributed by atoms with van der Waals surface area (Å²) in [7, 11) is 1.70. The number of fused-ring (bicyclic) bond motifs is 2. The number of hydrogen-bond donors (Lipinski definition) is 3. The highest BCUT2D eigenvalue weighted by molar-refractivity contribution is 5.82. The second kappa shape index (κ2) is 7.42. The predicted octanol–water partition coefficient (Wildman–Crippen LogP) is 0.507. The van der Waals surface area contributed by atoms with E-state index in [0.717, 1.165) is 44.0 Å². The molecule has 2 saturated heterocycles. The molecule has 4 atom stereocenters. The summed E-state index contributed by atoms with van der Waals surface area (Å²) in [6.45, 7) is 5.67. The molecule has 7 heteroatoms. The molecule has 4 unspecified atom stereocenters. The van der Waals surface area contributed by atoms with Crippen LogP contribution in [0.25, 0.3) is 0 Å². The molecule has 142 valence electrons. The predicted molar refractivity (Wildman–Crippen MR) is 97.9 cm³/mol. The van der Waals surface area contributed by atoms with E-state index >= 15 is 0 Å². The first-order valence-corrected chi connectivity index (χ1v) is 9.47. The maximum atomic E-state index is 12.1. The molecule has 7 nitrogen and oxygen atoms in total. The van der Waals surface area contributed by atoms with Gasteiger partial charge in [0.1, 0.15) is 6.04 Å². The molecule has 1 aromatic carbocycles. The number of rotatable bonds is 5. The van der Waals surface area contributed by atoms with Gasteiger partial charge in [-0.25, -0.2) is 5.43 Å². The quantitative estimate of drug-likeness (QED) is 0.710. The third-order valence-corrected chi connectivity index (χ3v) is 5.71. The number of hydrogen-bond acceptors (Lipinski definition) is 6. The van der Waals surface area contributed by atoms with Gasteiger partial charge in [-0.2, -0.15) is 0 Å². The van der Waals surface area contributed by atoms with Crippen LogP contribution in [0.3, 0.4) is 0 Å². The van der Waals surface area contributed by atoms with E-state index in [2.05, 4.69) is 40.1 Å². The second-order valence-electron chi connectivity index (χ2n) is 7.70. The number of nitrogens with one attached hydrogen (secondary N) is 3. The van der Waals surface area contributed by atoms with E-state index < -0.39 is 0 Å². The summed E-state index contributed by atoms with van der Waals surface area (Å²) >= 11 is 0. The molecule has 26 heavy (non-hydrogen) atoms. The zero-order valence-corrected chi connectivity index (χ0v) is 15.5. The number of benzene rings is 1. The van der Waals surface area contributed by atoms with Crippen molar-refractivity contribution in [2.45, 2.75) is 31.8 Å². The van der Waals surface area contributed by atoms with Gasteiger partial charge in [0.05, 0.1) is 0 Å². The second-order valence-corrected chi connectivity index (χ2v) is 7.70. The molecule has 2 fully saturated rings. The van der Waals surface area contributed by atoms with Crippen molar-refractivity contribution < 1.29 is 14.3 Å². The van der Waals surface area contributed by atoms with Crippen molar-refractivity contribution in [2.75, 3.05) is 33.5 Å². The SMILES string of the molecule is CNC(=O)C1NNC2CCN(CC(C)Cc3ccc4c(c3)OCO4)CC21. The Bertz CT molecular complexity index is 668. The van der Waals surface area contributed by atoms with Crippen LogP contribution >= 0.6 is 0 Å². The molecular weight excluding hydrogens is 332 g/mol. The maximum Gasteiger partial charge on any atom is 0.238 e. The first-order chi connectivity index (χ1) is 12.6. The number of likely N-dealkylation sites (N-methyl/N-ethyl adjacent to an activating group) is 1. The molecule has 0 spiro atoms. The third-order valence-electron chi connectivity index (χ3n) is 5.71. The van der Waals surface area contributed by atoms with E-state index in [1.54, 1.807) is 7.05 Å². The highest BCUT2D eigenvalue weighted by Crippen LogP contribution is 2.33. The van der Waals surface area contributed by atoms with Crippen LogP contribution in [0.2, 0.25) is 0 Å². The van der Waals surface area contributed by atoms with Crippen molar-refractivity contribution in [1.29, 1.82) is 0 Å². The lowest BCUT2D eigenvalue weighted by molar-refractivity contribution is -0.123. The van der Waals surface area contributed by atoms with Crippen molar-refractivity contribution in [3.05, 3.63) is 23.8 Å². The minimum Gasteiger partial charge on any atom is -0.454 e.